The number of aromatic hydroxyl groups is 1. The van der Waals surface area contributed by atoms with Gasteiger partial charge >= 0.3 is 5.97 Å². The van der Waals surface area contributed by atoms with E-state index in [0.29, 0.717) is 5.56 Å². The number of benzene rings is 1. The van der Waals surface area contributed by atoms with Gasteiger partial charge in [0.05, 0.1) is 17.7 Å². The molecule has 3 nitrogen and oxygen atoms in total. The van der Waals surface area contributed by atoms with E-state index in [1.54, 1.807) is 6.92 Å². The van der Waals surface area contributed by atoms with Crippen molar-refractivity contribution in [2.75, 3.05) is 6.61 Å². The van der Waals surface area contributed by atoms with Crippen LogP contribution in [-0.2, 0) is 4.74 Å². The van der Waals surface area contributed by atoms with Crippen LogP contribution >= 0.6 is 0 Å². The van der Waals surface area contributed by atoms with E-state index in [2.05, 4.69) is 65.1 Å². The molecular weight excluding hydrogens is 305 g/mol. The molecule has 0 fully saturated rings. The Morgan fingerprint density at radius 1 is 1.04 bits per heavy atom. The molecule has 112 valence electrons. The van der Waals surface area contributed by atoms with Crippen LogP contribution in [0.3, 0.4) is 0 Å². The second-order valence-electron chi connectivity index (χ2n) is 3.85. The summed E-state index contributed by atoms with van der Waals surface area (Å²) in [6.07, 6.45) is 4.92. The van der Waals surface area contributed by atoms with E-state index in [1.807, 2.05) is 0 Å². The van der Waals surface area contributed by atoms with Crippen LogP contribution in [0.2, 0.25) is 0 Å². The number of carbonyl (C=O) groups is 1. The predicted molar refractivity (Wildman–Crippen MR) is 90.9 cm³/mol. The van der Waals surface area contributed by atoms with Gasteiger partial charge in [0.1, 0.15) is 5.75 Å². The summed E-state index contributed by atoms with van der Waals surface area (Å²) in [5, 5.41) is 9.71. The molecule has 0 radical (unpaired) electrons. The molecule has 0 saturated carbocycles. The molecule has 3 heteroatoms. The average molecular weight is 315 g/mol. The van der Waals surface area contributed by atoms with Gasteiger partial charge in [0.2, 0.25) is 0 Å². The minimum absolute atomic E-state index is 0.0543. The van der Waals surface area contributed by atoms with Crippen molar-refractivity contribution in [2.45, 2.75) is 6.92 Å². The maximum atomic E-state index is 11.6. The maximum Gasteiger partial charge on any atom is 0.338 e. The van der Waals surface area contributed by atoms with Gasteiger partial charge in [-0.15, -0.1) is 6.42 Å². The Bertz CT molecular complexity index is 980. The second-order valence-corrected chi connectivity index (χ2v) is 3.85. The molecule has 1 rings (SSSR count). The van der Waals surface area contributed by atoms with Crippen LogP contribution in [-0.4, -0.2) is 17.7 Å². The second kappa shape index (κ2) is 10.6. The van der Waals surface area contributed by atoms with Gasteiger partial charge in [-0.25, -0.2) is 4.79 Å². The fourth-order valence-electron chi connectivity index (χ4n) is 1.33. The van der Waals surface area contributed by atoms with Crippen LogP contribution in [0.15, 0.2) is 18.2 Å². The molecule has 1 aromatic carbocycles. The van der Waals surface area contributed by atoms with Crippen molar-refractivity contribution >= 4 is 5.97 Å². The first-order chi connectivity index (χ1) is 11.7. The summed E-state index contributed by atoms with van der Waals surface area (Å²) in [6, 6.07) is 4.26. The zero-order valence-corrected chi connectivity index (χ0v) is 12.8. The first kappa shape index (κ1) is 17.9. The molecule has 0 heterocycles. The number of carbonyl (C=O) groups excluding carboxylic acids is 1. The van der Waals surface area contributed by atoms with E-state index >= 15 is 0 Å². The molecule has 1 aromatic rings. The van der Waals surface area contributed by atoms with E-state index in [9.17, 15) is 9.90 Å². The number of esters is 1. The molecule has 24 heavy (non-hydrogen) atoms. The lowest BCUT2D eigenvalue weighted by Crippen LogP contribution is -2.04. The Hall–Kier alpha value is -4.15. The van der Waals surface area contributed by atoms with E-state index < -0.39 is 5.97 Å². The minimum Gasteiger partial charge on any atom is -0.507 e. The SMILES string of the molecule is C#CC#CC#CC#CC#CC#Cc1[13cH][13c](C(=O)OCC)[13cH][13cH][13c]1O. The van der Waals surface area contributed by atoms with Crippen molar-refractivity contribution in [3.8, 4) is 77.3 Å². The summed E-state index contributed by atoms with van der Waals surface area (Å²) in [6.45, 7) is 1.98. The summed E-state index contributed by atoms with van der Waals surface area (Å²) in [4.78, 5) is 11.6. The molecule has 0 aromatic heterocycles. The lowest BCUT2D eigenvalue weighted by molar-refractivity contribution is 0.0526. The van der Waals surface area contributed by atoms with Crippen LogP contribution in [0.4, 0.5) is 0 Å². The molecule has 0 spiro atoms. The molecule has 0 unspecified atom stereocenters. The summed E-state index contributed by atoms with van der Waals surface area (Å²) < 4.78 is 4.88. The van der Waals surface area contributed by atoms with Crippen molar-refractivity contribution < 1.29 is 14.6 Å². The summed E-state index contributed by atoms with van der Waals surface area (Å²) in [7, 11) is 0. The van der Waals surface area contributed by atoms with Crippen LogP contribution in [0.5, 0.6) is 5.75 Å². The molecule has 0 aliphatic rings. The average Bonchev–Trinajstić information content (AvgIpc) is 2.58. The molecule has 0 saturated heterocycles. The number of rotatable bonds is 2. The fraction of sp³-hybridized carbons (Fsp3) is 0.0952. The largest absolute Gasteiger partial charge is 0.507 e. The standard InChI is InChI=1S/C21H10O3/c1-3-5-6-7-8-9-10-11-12-13-14-18-17-19(15-16-20(18)22)21(23)24-4-2/h1,15-17,22H,4H2,2H3/i15+1,16+1,17+1,19+1,20+1. The van der Waals surface area contributed by atoms with Crippen LogP contribution < -0.4 is 0 Å². The zero-order chi connectivity index (χ0) is 17.6. The smallest absolute Gasteiger partial charge is 0.338 e. The van der Waals surface area contributed by atoms with Gasteiger partial charge in [-0.3, -0.25) is 0 Å². The monoisotopic (exact) mass is 315 g/mol. The first-order valence-electron chi connectivity index (χ1n) is 6.65. The Balaban J connectivity index is 2.84. The van der Waals surface area contributed by atoms with E-state index in [4.69, 9.17) is 11.2 Å². The molecule has 0 atom stereocenters. The Morgan fingerprint density at radius 3 is 2.21 bits per heavy atom. The van der Waals surface area contributed by atoms with Crippen LogP contribution in [0.1, 0.15) is 22.8 Å². The molecule has 0 amide bonds. The predicted octanol–water partition coefficient (Wildman–Crippen LogP) is 1.57. The number of hydrogen-bond donors (Lipinski definition) is 1. The highest BCUT2D eigenvalue weighted by atomic mass is 16.5. The number of ether oxygens (including phenoxy) is 1. The van der Waals surface area contributed by atoms with Gasteiger partial charge in [0.25, 0.3) is 0 Å². The topological polar surface area (TPSA) is 46.5 Å². The van der Waals surface area contributed by atoms with Crippen molar-refractivity contribution in [3.05, 3.63) is 29.3 Å². The minimum atomic E-state index is -0.482. The molecule has 0 aliphatic carbocycles. The van der Waals surface area contributed by atoms with Gasteiger partial charge in [-0.1, -0.05) is 0 Å². The lowest BCUT2D eigenvalue weighted by Gasteiger charge is -2.03. The Morgan fingerprint density at radius 2 is 1.62 bits per heavy atom. The van der Waals surface area contributed by atoms with Crippen molar-refractivity contribution in [1.29, 1.82) is 0 Å². The summed E-state index contributed by atoms with van der Waals surface area (Å²) in [5.41, 5.74) is 0.571. The van der Waals surface area contributed by atoms with Gasteiger partial charge in [-0.2, -0.15) is 0 Å². The van der Waals surface area contributed by atoms with E-state index in [-0.39, 0.29) is 17.9 Å². The molecule has 1 N–H and O–H groups in total. The zero-order valence-electron chi connectivity index (χ0n) is 12.8. The number of terminal acetylenes is 1. The van der Waals surface area contributed by atoms with E-state index in [0.717, 1.165) is 0 Å². The Labute approximate surface area is 141 Å². The Kier molecular flexibility index (Phi) is 7.88. The third-order valence-corrected chi connectivity index (χ3v) is 2.28. The quantitative estimate of drug-likeness (QED) is 0.666. The fourth-order valence-corrected chi connectivity index (χ4v) is 1.33. The third-order valence-electron chi connectivity index (χ3n) is 2.28. The molecular formula is C21H10O3. The van der Waals surface area contributed by atoms with Gasteiger partial charge < -0.3 is 9.84 Å². The maximum absolute atomic E-state index is 11.6. The lowest BCUT2D eigenvalue weighted by atomic mass is 10.4. The normalized spacial score (nSPS) is 7.00. The van der Waals surface area contributed by atoms with Gasteiger partial charge in [0.15, 0.2) is 0 Å². The van der Waals surface area contributed by atoms with Crippen LogP contribution in [0, 0.1) is 71.5 Å². The third kappa shape index (κ3) is 6.53. The highest BCUT2D eigenvalue weighted by Crippen LogP contribution is 2.17. The van der Waals surface area contributed by atoms with Crippen LogP contribution in [0.25, 0.3) is 0 Å². The van der Waals surface area contributed by atoms with Crippen molar-refractivity contribution in [3.63, 3.8) is 0 Å². The molecule has 0 aliphatic heterocycles. The molecule has 0 bridgehead atoms. The highest BCUT2D eigenvalue weighted by Gasteiger charge is 2.08. The summed E-state index contributed by atoms with van der Waals surface area (Å²) >= 11 is 0. The highest BCUT2D eigenvalue weighted by molar-refractivity contribution is 5.90. The number of phenols is 1. The van der Waals surface area contributed by atoms with E-state index in [1.165, 1.54) is 18.2 Å². The summed E-state index contributed by atoms with van der Waals surface area (Å²) in [5.74, 6) is 26.2. The number of phenolic OH excluding ortho intramolecular Hbond substituents is 1. The van der Waals surface area contributed by atoms with Crippen molar-refractivity contribution in [1.82, 2.24) is 0 Å². The van der Waals surface area contributed by atoms with Crippen molar-refractivity contribution in [2.24, 2.45) is 0 Å². The first-order valence-corrected chi connectivity index (χ1v) is 6.65. The van der Waals surface area contributed by atoms with Gasteiger partial charge in [0, 0.05) is 0 Å². The number of hydrogen-bond acceptors (Lipinski definition) is 3. The van der Waals surface area contributed by atoms with Gasteiger partial charge in [-0.05, 0) is 90.2 Å².